The summed E-state index contributed by atoms with van der Waals surface area (Å²) >= 11 is 0. The fourth-order valence-corrected chi connectivity index (χ4v) is 4.34. The van der Waals surface area contributed by atoms with Gasteiger partial charge in [0.2, 0.25) is 0 Å². The van der Waals surface area contributed by atoms with E-state index in [1.165, 1.54) is 24.0 Å². The number of H-pyrrole nitrogens is 1. The predicted molar refractivity (Wildman–Crippen MR) is 110 cm³/mol. The van der Waals surface area contributed by atoms with E-state index < -0.39 is 6.23 Å². The number of rotatable bonds is 9. The summed E-state index contributed by atoms with van der Waals surface area (Å²) in [6.07, 6.45) is 10.3. The van der Waals surface area contributed by atoms with Gasteiger partial charge in [-0.3, -0.25) is 0 Å². The van der Waals surface area contributed by atoms with E-state index in [-0.39, 0.29) is 0 Å². The highest BCUT2D eigenvalue weighted by molar-refractivity contribution is 5.90. The molecule has 0 spiro atoms. The van der Waals surface area contributed by atoms with Crippen molar-refractivity contribution in [2.75, 3.05) is 13.6 Å². The summed E-state index contributed by atoms with van der Waals surface area (Å²) in [5, 5.41) is 15.5. The molecule has 2 aromatic heterocycles. The van der Waals surface area contributed by atoms with Gasteiger partial charge in [0.25, 0.3) is 0 Å². The van der Waals surface area contributed by atoms with Crippen LogP contribution in [0, 0.1) is 5.92 Å². The summed E-state index contributed by atoms with van der Waals surface area (Å²) in [6, 6.07) is 4.54. The van der Waals surface area contributed by atoms with Crippen LogP contribution in [0.2, 0.25) is 0 Å². The summed E-state index contributed by atoms with van der Waals surface area (Å²) in [5.74, 6) is 0.580. The molecular formula is C21H33N5O. The van der Waals surface area contributed by atoms with Crippen molar-refractivity contribution in [2.45, 2.75) is 58.2 Å². The van der Waals surface area contributed by atoms with E-state index in [0.717, 1.165) is 30.4 Å². The zero-order valence-electron chi connectivity index (χ0n) is 16.7. The van der Waals surface area contributed by atoms with Crippen LogP contribution in [0.4, 0.5) is 0 Å². The van der Waals surface area contributed by atoms with Crippen molar-refractivity contribution in [3.05, 3.63) is 36.3 Å². The van der Waals surface area contributed by atoms with Crippen LogP contribution in [-0.4, -0.2) is 51.0 Å². The van der Waals surface area contributed by atoms with Crippen molar-refractivity contribution in [1.82, 2.24) is 20.0 Å². The molecule has 0 aromatic carbocycles. The van der Waals surface area contributed by atoms with Crippen molar-refractivity contribution >= 4 is 16.6 Å². The number of nitrogens with zero attached hydrogens (tertiary/aromatic N) is 3. The van der Waals surface area contributed by atoms with Gasteiger partial charge in [0, 0.05) is 43.6 Å². The van der Waals surface area contributed by atoms with Gasteiger partial charge in [0.05, 0.1) is 0 Å². The molecule has 1 aliphatic heterocycles. The van der Waals surface area contributed by atoms with Crippen molar-refractivity contribution in [3.8, 4) is 0 Å². The number of fused-ring (bicyclic) bond motifs is 1. The van der Waals surface area contributed by atoms with Crippen LogP contribution in [0.1, 0.15) is 51.5 Å². The Morgan fingerprint density at radius 1 is 1.26 bits per heavy atom. The van der Waals surface area contributed by atoms with Crippen LogP contribution in [0.3, 0.4) is 0 Å². The summed E-state index contributed by atoms with van der Waals surface area (Å²) < 4.78 is 0. The first-order valence-electron chi connectivity index (χ1n) is 10.1. The van der Waals surface area contributed by atoms with E-state index in [9.17, 15) is 5.11 Å². The highest BCUT2D eigenvalue weighted by Gasteiger charge is 2.31. The average molecular weight is 372 g/mol. The number of hydrogen-bond acceptors (Lipinski definition) is 5. The molecule has 4 N–H and O–H groups in total. The molecule has 27 heavy (non-hydrogen) atoms. The van der Waals surface area contributed by atoms with E-state index in [2.05, 4.69) is 59.2 Å². The molecule has 1 aliphatic rings. The number of nitrogens with one attached hydrogen (secondary N) is 1. The first-order chi connectivity index (χ1) is 13.0. The summed E-state index contributed by atoms with van der Waals surface area (Å²) in [6.45, 7) is 5.37. The number of likely N-dealkylation sites (N-methyl/N-ethyl adjacent to an activating group) is 1. The molecule has 6 heteroatoms. The number of hydrogen-bond donors (Lipinski definition) is 3. The molecule has 148 valence electrons. The molecular weight excluding hydrogens is 338 g/mol. The number of aliphatic hydroxyl groups excluding tert-OH is 1. The maximum atomic E-state index is 9.64. The van der Waals surface area contributed by atoms with Gasteiger partial charge in [-0.15, -0.1) is 0 Å². The third-order valence-corrected chi connectivity index (χ3v) is 5.71. The van der Waals surface area contributed by atoms with E-state index in [0.29, 0.717) is 18.4 Å². The lowest BCUT2D eigenvalue weighted by Crippen LogP contribution is -2.44. The Labute approximate surface area is 162 Å². The summed E-state index contributed by atoms with van der Waals surface area (Å²) in [4.78, 5) is 7.61. The van der Waals surface area contributed by atoms with Crippen molar-refractivity contribution < 1.29 is 5.11 Å². The Morgan fingerprint density at radius 2 is 2.07 bits per heavy atom. The molecule has 0 radical (unpaired) electrons. The topological polar surface area (TPSA) is 81.4 Å². The SMILES string of the molecule is CCCC(CC)[C@@H](CCC(N)O)N1C=C(c2ccnc3[nH]ccc23)CN1C. The minimum Gasteiger partial charge on any atom is -0.379 e. The van der Waals surface area contributed by atoms with Crippen LogP contribution >= 0.6 is 0 Å². The van der Waals surface area contributed by atoms with Crippen LogP contribution in [0.5, 0.6) is 0 Å². The lowest BCUT2D eigenvalue weighted by atomic mass is 9.88. The second-order valence-electron chi connectivity index (χ2n) is 7.62. The van der Waals surface area contributed by atoms with Crippen molar-refractivity contribution in [3.63, 3.8) is 0 Å². The molecule has 3 atom stereocenters. The minimum atomic E-state index is -0.748. The smallest absolute Gasteiger partial charge is 0.137 e. The Balaban J connectivity index is 1.90. The molecule has 3 heterocycles. The van der Waals surface area contributed by atoms with Crippen molar-refractivity contribution in [1.29, 1.82) is 0 Å². The number of hydrazine groups is 1. The first kappa shape index (κ1) is 19.9. The number of pyridine rings is 1. The van der Waals surface area contributed by atoms with E-state index in [1.807, 2.05) is 12.4 Å². The maximum Gasteiger partial charge on any atom is 0.137 e. The third-order valence-electron chi connectivity index (χ3n) is 5.71. The predicted octanol–water partition coefficient (Wildman–Crippen LogP) is 3.32. The van der Waals surface area contributed by atoms with Crippen LogP contribution in [0.15, 0.2) is 30.7 Å². The number of nitrogens with two attached hydrogens (primary N) is 1. The van der Waals surface area contributed by atoms with Gasteiger partial charge in [0.15, 0.2) is 0 Å². The van der Waals surface area contributed by atoms with Gasteiger partial charge in [0.1, 0.15) is 11.9 Å². The zero-order chi connectivity index (χ0) is 19.4. The molecule has 3 rings (SSSR count). The Hall–Kier alpha value is -1.89. The lowest BCUT2D eigenvalue weighted by Gasteiger charge is -2.38. The highest BCUT2D eigenvalue weighted by atomic mass is 16.3. The van der Waals surface area contributed by atoms with Gasteiger partial charge in [-0.25, -0.2) is 9.99 Å². The molecule has 0 bridgehead atoms. The van der Waals surface area contributed by atoms with Crippen molar-refractivity contribution in [2.24, 2.45) is 11.7 Å². The number of aliphatic hydroxyl groups is 1. The van der Waals surface area contributed by atoms with Gasteiger partial charge >= 0.3 is 0 Å². The van der Waals surface area contributed by atoms with Gasteiger partial charge in [-0.2, -0.15) is 0 Å². The normalized spacial score (nSPS) is 18.7. The van der Waals surface area contributed by atoms with E-state index >= 15 is 0 Å². The fourth-order valence-electron chi connectivity index (χ4n) is 4.34. The summed E-state index contributed by atoms with van der Waals surface area (Å²) in [5.41, 5.74) is 9.11. The molecule has 0 fully saturated rings. The molecule has 0 saturated carbocycles. The molecule has 0 saturated heterocycles. The molecule has 2 aromatic rings. The minimum absolute atomic E-state index is 0.346. The Bertz CT molecular complexity index is 769. The van der Waals surface area contributed by atoms with Crippen LogP contribution in [0.25, 0.3) is 16.6 Å². The lowest BCUT2D eigenvalue weighted by molar-refractivity contribution is -0.00209. The van der Waals surface area contributed by atoms with Crippen LogP contribution < -0.4 is 5.73 Å². The Morgan fingerprint density at radius 3 is 2.78 bits per heavy atom. The van der Waals surface area contributed by atoms with Crippen LogP contribution in [-0.2, 0) is 0 Å². The molecule has 0 amide bonds. The van der Waals surface area contributed by atoms with E-state index in [4.69, 9.17) is 5.73 Å². The molecule has 2 unspecified atom stereocenters. The first-order valence-corrected chi connectivity index (χ1v) is 10.1. The zero-order valence-corrected chi connectivity index (χ0v) is 16.7. The standard InChI is InChI=1S/C21H33N5O/c1-4-6-15(5-2)19(7-8-20(22)27)26-14-16(13-25(26)3)17-9-11-23-21-18(17)10-12-24-21/h9-12,14-15,19-20,27H,4-8,13,22H2,1-3H3,(H,23,24)/t15?,19-,20?/m1/s1. The highest BCUT2D eigenvalue weighted by Crippen LogP contribution is 2.33. The second kappa shape index (κ2) is 8.87. The number of aromatic amines is 1. The average Bonchev–Trinajstić information content (AvgIpc) is 3.27. The maximum absolute atomic E-state index is 9.64. The number of aromatic nitrogens is 2. The largest absolute Gasteiger partial charge is 0.379 e. The third kappa shape index (κ3) is 4.34. The molecule has 6 nitrogen and oxygen atoms in total. The Kier molecular flexibility index (Phi) is 6.52. The van der Waals surface area contributed by atoms with Gasteiger partial charge in [-0.1, -0.05) is 26.7 Å². The quantitative estimate of drug-likeness (QED) is 0.589. The monoisotopic (exact) mass is 371 g/mol. The second-order valence-corrected chi connectivity index (χ2v) is 7.62. The molecule has 0 aliphatic carbocycles. The van der Waals surface area contributed by atoms with Gasteiger partial charge < -0.3 is 20.8 Å². The summed E-state index contributed by atoms with van der Waals surface area (Å²) in [7, 11) is 2.14. The fraction of sp³-hybridized carbons (Fsp3) is 0.571. The van der Waals surface area contributed by atoms with E-state index in [1.54, 1.807) is 0 Å². The van der Waals surface area contributed by atoms with Gasteiger partial charge in [-0.05, 0) is 48.4 Å².